The number of anilines is 1. The minimum absolute atomic E-state index is 0.555. The number of rotatable bonds is 6. The van der Waals surface area contributed by atoms with Gasteiger partial charge in [0.2, 0.25) is 0 Å². The van der Waals surface area contributed by atoms with Crippen LogP contribution in [0.3, 0.4) is 0 Å². The highest BCUT2D eigenvalue weighted by atomic mass is 16.5. The van der Waals surface area contributed by atoms with Crippen LogP contribution in [0, 0.1) is 0 Å². The minimum atomic E-state index is 0.555. The lowest BCUT2D eigenvalue weighted by molar-refractivity contribution is 0.313. The topological polar surface area (TPSA) is 37.4 Å². The molecule has 1 aromatic heterocycles. The Morgan fingerprint density at radius 3 is 2.88 bits per heavy atom. The molecular weight excluding hydrogens is 214 g/mol. The summed E-state index contributed by atoms with van der Waals surface area (Å²) in [4.78, 5) is 6.80. The SMILES string of the molecule is CCCOc1cccnc1N(CC)C1CNC1. The van der Waals surface area contributed by atoms with Crippen molar-refractivity contribution in [2.45, 2.75) is 26.3 Å². The Morgan fingerprint density at radius 1 is 1.47 bits per heavy atom. The Kier molecular flexibility index (Phi) is 4.20. The van der Waals surface area contributed by atoms with Gasteiger partial charge in [0.25, 0.3) is 0 Å². The highest BCUT2D eigenvalue weighted by molar-refractivity contribution is 5.53. The molecule has 0 unspecified atom stereocenters. The largest absolute Gasteiger partial charge is 0.490 e. The van der Waals surface area contributed by atoms with Gasteiger partial charge in [-0.3, -0.25) is 0 Å². The van der Waals surface area contributed by atoms with Crippen molar-refractivity contribution in [3.63, 3.8) is 0 Å². The minimum Gasteiger partial charge on any atom is -0.490 e. The van der Waals surface area contributed by atoms with E-state index in [-0.39, 0.29) is 0 Å². The van der Waals surface area contributed by atoms with Crippen LogP contribution in [0.15, 0.2) is 18.3 Å². The van der Waals surface area contributed by atoms with Gasteiger partial charge in [-0.2, -0.15) is 0 Å². The highest BCUT2D eigenvalue weighted by Crippen LogP contribution is 2.27. The van der Waals surface area contributed by atoms with Crippen LogP contribution >= 0.6 is 0 Å². The third kappa shape index (κ3) is 2.69. The molecule has 1 aromatic rings. The van der Waals surface area contributed by atoms with Gasteiger partial charge in [0.1, 0.15) is 0 Å². The van der Waals surface area contributed by atoms with Crippen LogP contribution < -0.4 is 15.0 Å². The molecule has 0 saturated carbocycles. The first-order valence-electron chi connectivity index (χ1n) is 6.42. The molecule has 0 atom stereocenters. The zero-order valence-electron chi connectivity index (χ0n) is 10.6. The summed E-state index contributed by atoms with van der Waals surface area (Å²) >= 11 is 0. The van der Waals surface area contributed by atoms with Gasteiger partial charge in [-0.25, -0.2) is 4.98 Å². The van der Waals surface area contributed by atoms with Crippen LogP contribution in [0.25, 0.3) is 0 Å². The maximum absolute atomic E-state index is 5.76. The Hall–Kier alpha value is -1.29. The molecule has 0 aromatic carbocycles. The van der Waals surface area contributed by atoms with Crippen molar-refractivity contribution in [3.8, 4) is 5.75 Å². The second kappa shape index (κ2) is 5.87. The molecule has 0 spiro atoms. The third-order valence-electron chi connectivity index (χ3n) is 3.03. The lowest BCUT2D eigenvalue weighted by Gasteiger charge is -2.38. The summed E-state index contributed by atoms with van der Waals surface area (Å²) in [7, 11) is 0. The van der Waals surface area contributed by atoms with E-state index < -0.39 is 0 Å². The molecule has 1 N–H and O–H groups in total. The Balaban J connectivity index is 2.16. The molecule has 1 aliphatic rings. The maximum atomic E-state index is 5.76. The first kappa shape index (κ1) is 12.2. The second-order valence-electron chi connectivity index (χ2n) is 4.27. The molecule has 0 radical (unpaired) electrons. The normalized spacial score (nSPS) is 15.4. The van der Waals surface area contributed by atoms with Crippen LogP contribution in [0.4, 0.5) is 5.82 Å². The van der Waals surface area contributed by atoms with Gasteiger partial charge in [-0.1, -0.05) is 6.92 Å². The molecule has 94 valence electrons. The van der Waals surface area contributed by atoms with Gasteiger partial charge in [-0.05, 0) is 25.5 Å². The average molecular weight is 235 g/mol. The molecule has 2 heterocycles. The van der Waals surface area contributed by atoms with Gasteiger partial charge in [0.05, 0.1) is 12.6 Å². The quantitative estimate of drug-likeness (QED) is 0.814. The number of hydrogen-bond acceptors (Lipinski definition) is 4. The number of likely N-dealkylation sites (N-methyl/N-ethyl adjacent to an activating group) is 1. The predicted octanol–water partition coefficient (Wildman–Crippen LogP) is 1.67. The molecule has 4 heteroatoms. The molecule has 1 fully saturated rings. The molecule has 0 amide bonds. The highest BCUT2D eigenvalue weighted by Gasteiger charge is 2.26. The number of hydrogen-bond donors (Lipinski definition) is 1. The Bertz CT molecular complexity index is 352. The summed E-state index contributed by atoms with van der Waals surface area (Å²) in [5, 5.41) is 3.30. The Labute approximate surface area is 103 Å². The third-order valence-corrected chi connectivity index (χ3v) is 3.03. The van der Waals surface area contributed by atoms with E-state index >= 15 is 0 Å². The summed E-state index contributed by atoms with van der Waals surface area (Å²) in [5.74, 6) is 1.89. The van der Waals surface area contributed by atoms with E-state index in [2.05, 4.69) is 29.0 Å². The molecule has 17 heavy (non-hydrogen) atoms. The lowest BCUT2D eigenvalue weighted by atomic mass is 10.1. The lowest BCUT2D eigenvalue weighted by Crippen LogP contribution is -2.57. The summed E-state index contributed by atoms with van der Waals surface area (Å²) in [6.07, 6.45) is 2.86. The smallest absolute Gasteiger partial charge is 0.171 e. The van der Waals surface area contributed by atoms with Gasteiger partial charge in [0, 0.05) is 25.8 Å². The van der Waals surface area contributed by atoms with Gasteiger partial charge in [0.15, 0.2) is 11.6 Å². The monoisotopic (exact) mass is 235 g/mol. The predicted molar refractivity (Wildman–Crippen MR) is 69.7 cm³/mol. The van der Waals surface area contributed by atoms with Crippen LogP contribution in [-0.2, 0) is 0 Å². The summed E-state index contributed by atoms with van der Waals surface area (Å²) in [6.45, 7) is 8.07. The fraction of sp³-hybridized carbons (Fsp3) is 0.615. The van der Waals surface area contributed by atoms with E-state index in [9.17, 15) is 0 Å². The van der Waals surface area contributed by atoms with Gasteiger partial charge < -0.3 is 15.0 Å². The maximum Gasteiger partial charge on any atom is 0.171 e. The van der Waals surface area contributed by atoms with Crippen molar-refractivity contribution in [2.24, 2.45) is 0 Å². The molecule has 1 aliphatic heterocycles. The molecule has 0 bridgehead atoms. The van der Waals surface area contributed by atoms with E-state index in [1.807, 2.05) is 18.3 Å². The zero-order chi connectivity index (χ0) is 12.1. The van der Waals surface area contributed by atoms with Crippen LogP contribution in [0.1, 0.15) is 20.3 Å². The Morgan fingerprint density at radius 2 is 2.29 bits per heavy atom. The van der Waals surface area contributed by atoms with Crippen LogP contribution in [-0.4, -0.2) is 37.3 Å². The van der Waals surface area contributed by atoms with Gasteiger partial charge in [-0.15, -0.1) is 0 Å². The standard InChI is InChI=1S/C13H21N3O/c1-3-8-17-12-6-5-7-15-13(12)16(4-2)11-9-14-10-11/h5-7,11,14H,3-4,8-10H2,1-2H3. The summed E-state index contributed by atoms with van der Waals surface area (Å²) in [5.41, 5.74) is 0. The van der Waals surface area contributed by atoms with Crippen molar-refractivity contribution in [2.75, 3.05) is 31.1 Å². The van der Waals surface area contributed by atoms with Gasteiger partial charge >= 0.3 is 0 Å². The van der Waals surface area contributed by atoms with E-state index in [0.717, 1.165) is 44.2 Å². The first-order valence-corrected chi connectivity index (χ1v) is 6.42. The van der Waals surface area contributed by atoms with E-state index in [1.54, 1.807) is 0 Å². The van der Waals surface area contributed by atoms with Crippen molar-refractivity contribution in [1.29, 1.82) is 0 Å². The van der Waals surface area contributed by atoms with Crippen LogP contribution in [0.5, 0.6) is 5.75 Å². The summed E-state index contributed by atoms with van der Waals surface area (Å²) in [6, 6.07) is 4.49. The molecule has 1 saturated heterocycles. The molecule has 0 aliphatic carbocycles. The average Bonchev–Trinajstić information content (AvgIpc) is 2.31. The van der Waals surface area contributed by atoms with Crippen molar-refractivity contribution in [1.82, 2.24) is 10.3 Å². The van der Waals surface area contributed by atoms with Crippen molar-refractivity contribution >= 4 is 5.82 Å². The molecule has 2 rings (SSSR count). The van der Waals surface area contributed by atoms with E-state index in [0.29, 0.717) is 6.04 Å². The molecule has 4 nitrogen and oxygen atoms in total. The molecular formula is C13H21N3O. The second-order valence-corrected chi connectivity index (χ2v) is 4.27. The van der Waals surface area contributed by atoms with Crippen LogP contribution in [0.2, 0.25) is 0 Å². The number of nitrogens with one attached hydrogen (secondary N) is 1. The fourth-order valence-corrected chi connectivity index (χ4v) is 2.00. The number of nitrogens with zero attached hydrogens (tertiary/aromatic N) is 2. The number of pyridine rings is 1. The number of aromatic nitrogens is 1. The summed E-state index contributed by atoms with van der Waals surface area (Å²) < 4.78 is 5.76. The first-order chi connectivity index (χ1) is 8.36. The van der Waals surface area contributed by atoms with Crippen molar-refractivity contribution < 1.29 is 4.74 Å². The van der Waals surface area contributed by atoms with E-state index in [4.69, 9.17) is 4.74 Å². The fourth-order valence-electron chi connectivity index (χ4n) is 2.00. The zero-order valence-corrected chi connectivity index (χ0v) is 10.6. The number of ether oxygens (including phenoxy) is 1. The van der Waals surface area contributed by atoms with E-state index in [1.165, 1.54) is 0 Å². The van der Waals surface area contributed by atoms with Crippen molar-refractivity contribution in [3.05, 3.63) is 18.3 Å².